The van der Waals surface area contributed by atoms with Gasteiger partial charge in [-0.1, -0.05) is 170 Å². The Hall–Kier alpha value is -7.01. The second-order valence-corrected chi connectivity index (χ2v) is 15.1. The van der Waals surface area contributed by atoms with E-state index >= 15 is 0 Å². The SMILES string of the molecule is c1ccc(-c2ccc(-c3nc(-c4ccc(-c5ccc6c(c5)sc5ccccc56)cc4)nc(-c4ccc5c6ccccc6c6ccccc6c5c4)n3)cc2)cc1. The smallest absolute Gasteiger partial charge is 0.164 e. The fourth-order valence-electron chi connectivity index (χ4n) is 7.97. The molecule has 4 heteroatoms. The molecule has 0 radical (unpaired) electrons. The molecule has 0 amide bonds. The molecule has 0 aliphatic carbocycles. The molecule has 256 valence electrons. The Morgan fingerprint density at radius 3 is 1.24 bits per heavy atom. The average molecular weight is 718 g/mol. The van der Waals surface area contributed by atoms with Gasteiger partial charge in [0.25, 0.3) is 0 Å². The minimum Gasteiger partial charge on any atom is -0.208 e. The van der Waals surface area contributed by atoms with E-state index in [1.807, 2.05) is 17.4 Å². The zero-order chi connectivity index (χ0) is 36.3. The summed E-state index contributed by atoms with van der Waals surface area (Å²) in [6.45, 7) is 0. The van der Waals surface area contributed by atoms with Crippen molar-refractivity contribution in [1.29, 1.82) is 0 Å². The average Bonchev–Trinajstić information content (AvgIpc) is 3.65. The van der Waals surface area contributed by atoms with Gasteiger partial charge >= 0.3 is 0 Å². The van der Waals surface area contributed by atoms with Crippen molar-refractivity contribution in [3.8, 4) is 56.4 Å². The topological polar surface area (TPSA) is 38.7 Å². The van der Waals surface area contributed by atoms with Crippen molar-refractivity contribution in [2.45, 2.75) is 0 Å². The van der Waals surface area contributed by atoms with Gasteiger partial charge in [0.1, 0.15) is 0 Å². The van der Waals surface area contributed by atoms with Gasteiger partial charge in [-0.2, -0.15) is 0 Å². The Morgan fingerprint density at radius 2 is 0.618 bits per heavy atom. The maximum Gasteiger partial charge on any atom is 0.164 e. The van der Waals surface area contributed by atoms with E-state index in [9.17, 15) is 0 Å². The largest absolute Gasteiger partial charge is 0.208 e. The Bertz CT molecular complexity index is 3200. The van der Waals surface area contributed by atoms with Crippen molar-refractivity contribution >= 4 is 63.8 Å². The fraction of sp³-hybridized carbons (Fsp3) is 0. The van der Waals surface area contributed by atoms with Crippen molar-refractivity contribution in [2.24, 2.45) is 0 Å². The van der Waals surface area contributed by atoms with Crippen LogP contribution in [0.3, 0.4) is 0 Å². The molecule has 0 N–H and O–H groups in total. The molecule has 0 bridgehead atoms. The molecule has 11 aromatic rings. The van der Waals surface area contributed by atoms with Crippen LogP contribution in [0.5, 0.6) is 0 Å². The highest BCUT2D eigenvalue weighted by atomic mass is 32.1. The Kier molecular flexibility index (Phi) is 7.35. The van der Waals surface area contributed by atoms with E-state index in [1.165, 1.54) is 63.6 Å². The van der Waals surface area contributed by atoms with E-state index in [0.29, 0.717) is 17.5 Å². The molecule has 0 aliphatic rings. The molecule has 0 fully saturated rings. The van der Waals surface area contributed by atoms with Gasteiger partial charge in [-0.3, -0.25) is 0 Å². The van der Waals surface area contributed by atoms with E-state index in [-0.39, 0.29) is 0 Å². The first-order valence-corrected chi connectivity index (χ1v) is 19.3. The van der Waals surface area contributed by atoms with Crippen LogP contribution in [0.25, 0.3) is 109 Å². The standard InChI is InChI=1S/C51H31N3S/c1-2-10-32(11-3-1)33-18-22-35(23-19-33)49-52-50(36-24-20-34(21-25-36)37-26-29-45-44-16-8-9-17-47(44)55-48(45)31-37)54-51(53-49)38-27-28-43-41-14-5-4-12-39(41)40-13-6-7-15-42(40)46(43)30-38/h1-31H. The van der Waals surface area contributed by atoms with Gasteiger partial charge in [0, 0.05) is 36.9 Å². The summed E-state index contributed by atoms with van der Waals surface area (Å²) in [4.78, 5) is 15.4. The lowest BCUT2D eigenvalue weighted by molar-refractivity contribution is 1.07. The maximum atomic E-state index is 5.16. The third-order valence-corrected chi connectivity index (χ3v) is 11.9. The molecule has 0 saturated heterocycles. The predicted molar refractivity (Wildman–Crippen MR) is 232 cm³/mol. The molecule has 0 aliphatic heterocycles. The summed E-state index contributed by atoms with van der Waals surface area (Å²) in [5.74, 6) is 1.93. The first kappa shape index (κ1) is 31.5. The molecule has 9 aromatic carbocycles. The van der Waals surface area contributed by atoms with Gasteiger partial charge in [-0.05, 0) is 72.8 Å². The van der Waals surface area contributed by atoms with Gasteiger partial charge in [0.05, 0.1) is 0 Å². The van der Waals surface area contributed by atoms with Crippen LogP contribution in [0, 0.1) is 0 Å². The van der Waals surface area contributed by atoms with Crippen molar-refractivity contribution in [3.63, 3.8) is 0 Å². The highest BCUT2D eigenvalue weighted by Crippen LogP contribution is 2.39. The van der Waals surface area contributed by atoms with Crippen LogP contribution < -0.4 is 0 Å². The van der Waals surface area contributed by atoms with Crippen LogP contribution in [0.15, 0.2) is 188 Å². The summed E-state index contributed by atoms with van der Waals surface area (Å²) < 4.78 is 2.61. The van der Waals surface area contributed by atoms with Crippen molar-refractivity contribution in [1.82, 2.24) is 15.0 Å². The number of fused-ring (bicyclic) bond motifs is 9. The first-order chi connectivity index (χ1) is 27.2. The third-order valence-electron chi connectivity index (χ3n) is 10.7. The van der Waals surface area contributed by atoms with Crippen molar-refractivity contribution < 1.29 is 0 Å². The van der Waals surface area contributed by atoms with Gasteiger partial charge < -0.3 is 0 Å². The number of nitrogens with zero attached hydrogens (tertiary/aromatic N) is 3. The van der Waals surface area contributed by atoms with Crippen LogP contribution in [0.1, 0.15) is 0 Å². The minimum absolute atomic E-state index is 0.641. The summed E-state index contributed by atoms with van der Waals surface area (Å²) in [7, 11) is 0. The summed E-state index contributed by atoms with van der Waals surface area (Å²) in [5.41, 5.74) is 7.50. The van der Waals surface area contributed by atoms with E-state index in [0.717, 1.165) is 27.8 Å². The lowest BCUT2D eigenvalue weighted by atomic mass is 9.93. The van der Waals surface area contributed by atoms with Crippen LogP contribution in [0.2, 0.25) is 0 Å². The number of rotatable bonds is 5. The van der Waals surface area contributed by atoms with Crippen LogP contribution in [-0.2, 0) is 0 Å². The minimum atomic E-state index is 0.641. The molecular weight excluding hydrogens is 687 g/mol. The second kappa shape index (κ2) is 12.8. The highest BCUT2D eigenvalue weighted by molar-refractivity contribution is 7.25. The molecular formula is C51H31N3S. The Morgan fingerprint density at radius 1 is 0.236 bits per heavy atom. The monoisotopic (exact) mass is 717 g/mol. The summed E-state index contributed by atoms with van der Waals surface area (Å²) in [6.07, 6.45) is 0. The summed E-state index contributed by atoms with van der Waals surface area (Å²) in [6, 6.07) is 66.9. The fourth-order valence-corrected chi connectivity index (χ4v) is 9.11. The summed E-state index contributed by atoms with van der Waals surface area (Å²) >= 11 is 1.84. The number of hydrogen-bond donors (Lipinski definition) is 0. The van der Waals surface area contributed by atoms with E-state index < -0.39 is 0 Å². The zero-order valence-electron chi connectivity index (χ0n) is 29.6. The lowest BCUT2D eigenvalue weighted by Gasteiger charge is -2.13. The maximum absolute atomic E-state index is 5.16. The van der Waals surface area contributed by atoms with E-state index in [1.54, 1.807) is 0 Å². The number of benzene rings is 9. The molecule has 2 heterocycles. The lowest BCUT2D eigenvalue weighted by Crippen LogP contribution is -2.00. The molecule has 3 nitrogen and oxygen atoms in total. The van der Waals surface area contributed by atoms with E-state index in [2.05, 4.69) is 182 Å². The van der Waals surface area contributed by atoms with E-state index in [4.69, 9.17) is 15.0 Å². The number of aromatic nitrogens is 3. The van der Waals surface area contributed by atoms with Crippen molar-refractivity contribution in [2.75, 3.05) is 0 Å². The van der Waals surface area contributed by atoms with Crippen LogP contribution >= 0.6 is 11.3 Å². The van der Waals surface area contributed by atoms with Crippen molar-refractivity contribution in [3.05, 3.63) is 188 Å². The third kappa shape index (κ3) is 5.46. The molecule has 11 rings (SSSR count). The molecule has 0 spiro atoms. The number of thiophene rings is 1. The van der Waals surface area contributed by atoms with Crippen LogP contribution in [-0.4, -0.2) is 15.0 Å². The zero-order valence-corrected chi connectivity index (χ0v) is 30.5. The molecule has 0 unspecified atom stereocenters. The molecule has 2 aromatic heterocycles. The quantitative estimate of drug-likeness (QED) is 0.166. The Balaban J connectivity index is 1.04. The summed E-state index contributed by atoms with van der Waals surface area (Å²) in [5, 5.41) is 9.97. The normalized spacial score (nSPS) is 11.6. The molecule has 0 atom stereocenters. The molecule has 55 heavy (non-hydrogen) atoms. The Labute approximate surface area is 321 Å². The van der Waals surface area contributed by atoms with Gasteiger partial charge in [-0.15, -0.1) is 11.3 Å². The van der Waals surface area contributed by atoms with Gasteiger partial charge in [0.15, 0.2) is 17.5 Å². The van der Waals surface area contributed by atoms with Crippen LogP contribution in [0.4, 0.5) is 0 Å². The van der Waals surface area contributed by atoms with Gasteiger partial charge in [-0.25, -0.2) is 15.0 Å². The number of hydrogen-bond acceptors (Lipinski definition) is 4. The first-order valence-electron chi connectivity index (χ1n) is 18.5. The molecule has 0 saturated carbocycles. The highest BCUT2D eigenvalue weighted by Gasteiger charge is 2.16. The predicted octanol–water partition coefficient (Wildman–Crippen LogP) is 14.0. The second-order valence-electron chi connectivity index (χ2n) is 14.0. The van der Waals surface area contributed by atoms with Gasteiger partial charge in [0.2, 0.25) is 0 Å².